The second-order valence-electron chi connectivity index (χ2n) is 7.91. The molecule has 1 nitrogen and oxygen atoms in total. The summed E-state index contributed by atoms with van der Waals surface area (Å²) in [5.74, 6) is 0. The Morgan fingerprint density at radius 3 is 1.50 bits per heavy atom. The first-order valence-electron chi connectivity index (χ1n) is 10.8. The summed E-state index contributed by atoms with van der Waals surface area (Å²) >= 11 is 3.96. The molecule has 0 amide bonds. The highest BCUT2D eigenvalue weighted by molar-refractivity contribution is 9.09. The lowest BCUT2D eigenvalue weighted by Crippen LogP contribution is -2.59. The van der Waals surface area contributed by atoms with Crippen molar-refractivity contribution in [2.75, 3.05) is 4.95 Å². The molecule has 0 aliphatic carbocycles. The highest BCUT2D eigenvalue weighted by atomic mass is 79.9. The second kappa shape index (κ2) is 13.8. The van der Waals surface area contributed by atoms with Gasteiger partial charge in [0, 0.05) is 10.7 Å². The number of rotatable bonds is 16. The van der Waals surface area contributed by atoms with Gasteiger partial charge in [-0.1, -0.05) is 108 Å². The topological polar surface area (TPSA) is 20.2 Å². The fourth-order valence-electron chi connectivity index (χ4n) is 4.63. The number of hydrogen-bond acceptors (Lipinski definition) is 1. The zero-order valence-corrected chi connectivity index (χ0v) is 19.9. The molecule has 1 N–H and O–H groups in total. The number of aliphatic hydroxyl groups excluding tert-OH is 1. The van der Waals surface area contributed by atoms with Crippen LogP contribution in [0.2, 0.25) is 11.1 Å². The highest BCUT2D eigenvalue weighted by Crippen LogP contribution is 2.55. The summed E-state index contributed by atoms with van der Waals surface area (Å²) in [6, 6.07) is 1.31. The second-order valence-corrected chi connectivity index (χ2v) is 14.4. The van der Waals surface area contributed by atoms with Gasteiger partial charge in [0.25, 0.3) is 0 Å². The van der Waals surface area contributed by atoms with Crippen molar-refractivity contribution in [2.45, 2.75) is 128 Å². The van der Waals surface area contributed by atoms with Gasteiger partial charge in [-0.05, 0) is 30.7 Å². The molecule has 0 aromatic rings. The lowest BCUT2D eigenvalue weighted by atomic mass is 9.89. The van der Waals surface area contributed by atoms with E-state index in [0.717, 1.165) is 11.4 Å². The van der Waals surface area contributed by atoms with Crippen LogP contribution < -0.4 is 0 Å². The Morgan fingerprint density at radius 2 is 1.21 bits per heavy atom. The van der Waals surface area contributed by atoms with Gasteiger partial charge in [-0.2, -0.15) is 0 Å². The molecule has 0 bridgehead atoms. The molecular weight excluding hydrogens is 376 g/mol. The molecule has 2 atom stereocenters. The molecule has 0 rings (SSSR count). The number of unbranched alkanes of at least 4 members (excludes halogenated alkanes) is 4. The molecule has 0 aromatic heterocycles. The van der Waals surface area contributed by atoms with Gasteiger partial charge >= 0.3 is 0 Å². The first-order valence-corrected chi connectivity index (χ1v) is 14.4. The lowest BCUT2D eigenvalue weighted by molar-refractivity contribution is 0.221. The number of hydrogen-bond donors (Lipinski definition) is 1. The van der Waals surface area contributed by atoms with E-state index in [1.54, 1.807) is 0 Å². The fraction of sp³-hybridized carbons (Fsp3) is 1.00. The predicted molar refractivity (Wildman–Crippen MR) is 117 cm³/mol. The van der Waals surface area contributed by atoms with Crippen LogP contribution in [-0.2, 0) is 0 Å². The van der Waals surface area contributed by atoms with Crippen molar-refractivity contribution in [3.05, 3.63) is 0 Å². The molecule has 2 unspecified atom stereocenters. The average Bonchev–Trinajstić information content (AvgIpc) is 2.62. The smallest absolute Gasteiger partial charge is 0.104 e. The highest BCUT2D eigenvalue weighted by Gasteiger charge is 2.54. The van der Waals surface area contributed by atoms with E-state index in [9.17, 15) is 5.11 Å². The van der Waals surface area contributed by atoms with E-state index in [-0.39, 0.29) is 5.73 Å². The molecule has 0 aromatic carbocycles. The maximum absolute atomic E-state index is 11.3. The zero-order chi connectivity index (χ0) is 18.5. The van der Waals surface area contributed by atoms with Crippen LogP contribution in [0.1, 0.15) is 112 Å². The molecule has 0 spiro atoms. The van der Waals surface area contributed by atoms with E-state index < -0.39 is 8.07 Å². The third-order valence-corrected chi connectivity index (χ3v) is 15.6. The van der Waals surface area contributed by atoms with Gasteiger partial charge in [-0.3, -0.25) is 0 Å². The van der Waals surface area contributed by atoms with E-state index >= 15 is 0 Å². The van der Waals surface area contributed by atoms with Crippen LogP contribution in [0.4, 0.5) is 0 Å². The van der Waals surface area contributed by atoms with Crippen LogP contribution in [-0.4, -0.2) is 23.9 Å². The van der Waals surface area contributed by atoms with Crippen LogP contribution in [0.25, 0.3) is 0 Å². The third kappa shape index (κ3) is 6.43. The molecule has 146 valence electrons. The van der Waals surface area contributed by atoms with Crippen molar-refractivity contribution >= 4 is 24.0 Å². The Balaban J connectivity index is 5.93. The predicted octanol–water partition coefficient (Wildman–Crippen LogP) is 7.79. The van der Waals surface area contributed by atoms with Gasteiger partial charge in [-0.15, -0.1) is 0 Å². The van der Waals surface area contributed by atoms with Crippen molar-refractivity contribution < 1.29 is 5.11 Å². The van der Waals surface area contributed by atoms with E-state index in [4.69, 9.17) is 0 Å². The van der Waals surface area contributed by atoms with Crippen molar-refractivity contribution in [3.63, 3.8) is 0 Å². The summed E-state index contributed by atoms with van der Waals surface area (Å²) in [7, 11) is -1.81. The molecule has 0 aliphatic heterocycles. The molecule has 0 saturated heterocycles. The fourth-order valence-corrected chi connectivity index (χ4v) is 14.3. The Hall–Kier alpha value is 0.657. The van der Waals surface area contributed by atoms with E-state index in [1.807, 2.05) is 0 Å². The summed E-state index contributed by atoms with van der Waals surface area (Å²) in [4.78, 5) is 1.09. The number of aliphatic hydroxyl groups is 1. The Labute approximate surface area is 162 Å². The van der Waals surface area contributed by atoms with Crippen LogP contribution in [0.15, 0.2) is 0 Å². The first-order chi connectivity index (χ1) is 11.5. The monoisotopic (exact) mass is 420 g/mol. The van der Waals surface area contributed by atoms with Crippen LogP contribution >= 0.6 is 15.9 Å². The van der Waals surface area contributed by atoms with Gasteiger partial charge in [0.2, 0.25) is 0 Å². The number of alkyl halides is 1. The molecular formula is C21H45BrOSi. The van der Waals surface area contributed by atoms with Gasteiger partial charge in [0.15, 0.2) is 0 Å². The van der Waals surface area contributed by atoms with Crippen LogP contribution in [0, 0.1) is 0 Å². The minimum atomic E-state index is -1.81. The molecule has 0 aliphatic rings. The molecule has 3 heteroatoms. The molecule has 0 radical (unpaired) electrons. The molecule has 0 saturated carbocycles. The Bertz CT molecular complexity index is 276. The van der Waals surface area contributed by atoms with Crippen molar-refractivity contribution in [2.24, 2.45) is 0 Å². The average molecular weight is 422 g/mol. The quantitative estimate of drug-likeness (QED) is 0.199. The molecule has 24 heavy (non-hydrogen) atoms. The first kappa shape index (κ1) is 24.7. The SMILES string of the molecule is CCCCC(CCCC)(CCCC)[Si](CBr)(CCCC)C(O)CC. The van der Waals surface area contributed by atoms with Crippen molar-refractivity contribution in [3.8, 4) is 0 Å². The van der Waals surface area contributed by atoms with E-state index in [1.165, 1.54) is 76.7 Å². The maximum atomic E-state index is 11.3. The minimum Gasteiger partial charge on any atom is -0.396 e. The normalized spacial score (nSPS) is 16.1. The Morgan fingerprint density at radius 1 is 0.792 bits per heavy atom. The van der Waals surface area contributed by atoms with Crippen molar-refractivity contribution in [1.82, 2.24) is 0 Å². The van der Waals surface area contributed by atoms with E-state index in [0.29, 0.717) is 5.04 Å². The van der Waals surface area contributed by atoms with Crippen molar-refractivity contribution in [1.29, 1.82) is 0 Å². The Kier molecular flexibility index (Phi) is 14.2. The van der Waals surface area contributed by atoms with Gasteiger partial charge in [0.05, 0.1) is 0 Å². The summed E-state index contributed by atoms with van der Waals surface area (Å²) in [6.07, 6.45) is 15.4. The summed E-state index contributed by atoms with van der Waals surface area (Å²) in [5, 5.41) is 11.7. The minimum absolute atomic E-state index is 0.0472. The summed E-state index contributed by atoms with van der Waals surface area (Å²) in [5.41, 5.74) is -0.0472. The molecule has 0 fully saturated rings. The van der Waals surface area contributed by atoms with Crippen LogP contribution in [0.3, 0.4) is 0 Å². The largest absolute Gasteiger partial charge is 0.396 e. The van der Waals surface area contributed by atoms with Crippen LogP contribution in [0.5, 0.6) is 0 Å². The van der Waals surface area contributed by atoms with Gasteiger partial charge in [-0.25, -0.2) is 0 Å². The van der Waals surface area contributed by atoms with Gasteiger partial charge < -0.3 is 5.11 Å². The van der Waals surface area contributed by atoms with E-state index in [2.05, 4.69) is 50.5 Å². The maximum Gasteiger partial charge on any atom is 0.104 e. The lowest BCUT2D eigenvalue weighted by Gasteiger charge is -2.52. The third-order valence-electron chi connectivity index (χ3n) is 6.32. The van der Waals surface area contributed by atoms with Gasteiger partial charge in [0.1, 0.15) is 8.07 Å². The number of halogens is 1. The molecule has 0 heterocycles. The standard InChI is InChI=1S/C21H45BrOSi/c1-6-11-15-21(16-12-7-2,17-13-8-3)24(19-22,18-14-9-4)20(23)10-5/h20,23H,6-19H2,1-5H3. The zero-order valence-electron chi connectivity index (χ0n) is 17.3. The summed E-state index contributed by atoms with van der Waals surface area (Å²) in [6.45, 7) is 11.5. The summed E-state index contributed by atoms with van der Waals surface area (Å²) < 4.78 is 0.